The third-order valence-electron chi connectivity index (χ3n) is 2.12. The zero-order valence-electron chi connectivity index (χ0n) is 7.92. The fraction of sp³-hybridized carbons (Fsp3) is 0.400. The number of benzene rings is 1. The zero-order valence-corrected chi connectivity index (χ0v) is 7.92. The summed E-state index contributed by atoms with van der Waals surface area (Å²) in [7, 11) is 0. The van der Waals surface area contributed by atoms with Crippen molar-refractivity contribution in [1.29, 1.82) is 0 Å². The monoisotopic (exact) mass is 197 g/mol. The second kappa shape index (κ2) is 3.46. The maximum absolute atomic E-state index is 13.3. The first kappa shape index (κ1) is 9.27. The molecule has 2 rings (SSSR count). The van der Waals surface area contributed by atoms with Crippen LogP contribution in [-0.2, 0) is 0 Å². The maximum Gasteiger partial charge on any atom is 0.197 e. The summed E-state index contributed by atoms with van der Waals surface area (Å²) >= 11 is 0. The van der Waals surface area contributed by atoms with Gasteiger partial charge in [-0.25, -0.2) is 4.39 Å². The molecule has 0 radical (unpaired) electrons. The van der Waals surface area contributed by atoms with Gasteiger partial charge >= 0.3 is 0 Å². The van der Waals surface area contributed by atoms with Crippen molar-refractivity contribution in [2.75, 3.05) is 13.2 Å². The number of fused-ring (bicyclic) bond motifs is 1. The Labute approximate surface area is 81.6 Å². The van der Waals surface area contributed by atoms with Crippen molar-refractivity contribution in [1.82, 2.24) is 0 Å². The Hall–Kier alpha value is -1.29. The minimum absolute atomic E-state index is 0.177. The third-order valence-corrected chi connectivity index (χ3v) is 2.12. The van der Waals surface area contributed by atoms with Crippen LogP contribution in [0.1, 0.15) is 5.56 Å². The number of aryl methyl sites for hydroxylation is 1. The van der Waals surface area contributed by atoms with E-state index in [4.69, 9.17) is 15.2 Å². The fourth-order valence-corrected chi connectivity index (χ4v) is 1.43. The van der Waals surface area contributed by atoms with E-state index >= 15 is 0 Å². The van der Waals surface area contributed by atoms with E-state index in [2.05, 4.69) is 0 Å². The highest BCUT2D eigenvalue weighted by atomic mass is 19.1. The molecule has 1 atom stereocenters. The highest BCUT2D eigenvalue weighted by Crippen LogP contribution is 2.35. The molecule has 4 heteroatoms. The SMILES string of the molecule is Cc1cc(F)c2c(c1)OC(CN)CO2. The molecule has 0 aromatic heterocycles. The number of nitrogens with two attached hydrogens (primary N) is 1. The molecule has 0 aliphatic carbocycles. The molecule has 1 heterocycles. The van der Waals surface area contributed by atoms with Gasteiger partial charge in [-0.05, 0) is 24.6 Å². The van der Waals surface area contributed by atoms with Crippen molar-refractivity contribution < 1.29 is 13.9 Å². The van der Waals surface area contributed by atoms with Gasteiger partial charge in [-0.1, -0.05) is 0 Å². The van der Waals surface area contributed by atoms with Gasteiger partial charge in [-0.15, -0.1) is 0 Å². The van der Waals surface area contributed by atoms with Crippen LogP contribution in [-0.4, -0.2) is 19.3 Å². The topological polar surface area (TPSA) is 44.5 Å². The maximum atomic E-state index is 13.3. The van der Waals surface area contributed by atoms with Crippen molar-refractivity contribution in [3.63, 3.8) is 0 Å². The molecule has 2 N–H and O–H groups in total. The predicted octanol–water partition coefficient (Wildman–Crippen LogP) is 1.23. The number of hydrogen-bond acceptors (Lipinski definition) is 3. The molecule has 0 saturated carbocycles. The Balaban J connectivity index is 2.37. The lowest BCUT2D eigenvalue weighted by Crippen LogP contribution is -2.36. The van der Waals surface area contributed by atoms with Crippen LogP contribution in [0.3, 0.4) is 0 Å². The molecule has 0 spiro atoms. The predicted molar refractivity (Wildman–Crippen MR) is 50.1 cm³/mol. The number of hydrogen-bond donors (Lipinski definition) is 1. The van der Waals surface area contributed by atoms with E-state index in [-0.39, 0.29) is 17.7 Å². The second-order valence-corrected chi connectivity index (χ2v) is 3.36. The van der Waals surface area contributed by atoms with Gasteiger partial charge in [-0.3, -0.25) is 0 Å². The van der Waals surface area contributed by atoms with Crippen molar-refractivity contribution in [2.24, 2.45) is 5.73 Å². The minimum Gasteiger partial charge on any atom is -0.483 e. The smallest absolute Gasteiger partial charge is 0.197 e. The van der Waals surface area contributed by atoms with Crippen LogP contribution in [0, 0.1) is 12.7 Å². The molecule has 1 aromatic rings. The molecule has 0 fully saturated rings. The van der Waals surface area contributed by atoms with Gasteiger partial charge in [0.25, 0.3) is 0 Å². The first-order chi connectivity index (χ1) is 6.70. The van der Waals surface area contributed by atoms with E-state index < -0.39 is 0 Å². The van der Waals surface area contributed by atoms with E-state index in [1.165, 1.54) is 6.07 Å². The number of rotatable bonds is 1. The van der Waals surface area contributed by atoms with Crippen molar-refractivity contribution in [2.45, 2.75) is 13.0 Å². The van der Waals surface area contributed by atoms with Gasteiger partial charge < -0.3 is 15.2 Å². The highest BCUT2D eigenvalue weighted by molar-refractivity contribution is 5.45. The average Bonchev–Trinajstić information content (AvgIpc) is 2.16. The van der Waals surface area contributed by atoms with E-state index in [0.717, 1.165) is 5.56 Å². The molecule has 0 bridgehead atoms. The van der Waals surface area contributed by atoms with E-state index in [9.17, 15) is 4.39 Å². The summed E-state index contributed by atoms with van der Waals surface area (Å²) in [6.07, 6.45) is -0.177. The van der Waals surface area contributed by atoms with Gasteiger partial charge in [-0.2, -0.15) is 0 Å². The van der Waals surface area contributed by atoms with E-state index in [0.29, 0.717) is 18.9 Å². The van der Waals surface area contributed by atoms with Gasteiger partial charge in [0.15, 0.2) is 17.3 Å². The Bertz CT molecular complexity index is 354. The molecular weight excluding hydrogens is 185 g/mol. The van der Waals surface area contributed by atoms with Crippen LogP contribution >= 0.6 is 0 Å². The van der Waals surface area contributed by atoms with Crippen LogP contribution in [0.2, 0.25) is 0 Å². The van der Waals surface area contributed by atoms with Crippen molar-refractivity contribution in [3.05, 3.63) is 23.5 Å². The van der Waals surface area contributed by atoms with Crippen LogP contribution < -0.4 is 15.2 Å². The Kier molecular flexibility index (Phi) is 2.29. The molecule has 1 unspecified atom stereocenters. The molecule has 0 amide bonds. The van der Waals surface area contributed by atoms with Crippen LogP contribution in [0.15, 0.2) is 12.1 Å². The van der Waals surface area contributed by atoms with Gasteiger partial charge in [0, 0.05) is 6.54 Å². The summed E-state index contributed by atoms with van der Waals surface area (Å²) in [6.45, 7) is 2.48. The summed E-state index contributed by atoms with van der Waals surface area (Å²) in [6, 6.07) is 3.17. The van der Waals surface area contributed by atoms with Gasteiger partial charge in [0.05, 0.1) is 0 Å². The molecule has 3 nitrogen and oxygen atoms in total. The third kappa shape index (κ3) is 1.53. The second-order valence-electron chi connectivity index (χ2n) is 3.36. The molecule has 1 aromatic carbocycles. The standard InChI is InChI=1S/C10H12FNO2/c1-6-2-8(11)10-9(3-6)14-7(4-12)5-13-10/h2-3,7H,4-5,12H2,1H3. The molecule has 1 aliphatic heterocycles. The minimum atomic E-state index is -0.379. The summed E-state index contributed by atoms with van der Waals surface area (Å²) < 4.78 is 24.0. The normalized spacial score (nSPS) is 19.5. The molecule has 76 valence electrons. The summed E-state index contributed by atoms with van der Waals surface area (Å²) in [4.78, 5) is 0. The highest BCUT2D eigenvalue weighted by Gasteiger charge is 2.22. The first-order valence-electron chi connectivity index (χ1n) is 4.50. The Morgan fingerprint density at radius 3 is 3.07 bits per heavy atom. The van der Waals surface area contributed by atoms with Crippen molar-refractivity contribution in [3.8, 4) is 11.5 Å². The summed E-state index contributed by atoms with van der Waals surface area (Å²) in [5.74, 6) is 0.264. The molecule has 14 heavy (non-hydrogen) atoms. The van der Waals surface area contributed by atoms with E-state index in [1.54, 1.807) is 13.0 Å². The lowest BCUT2D eigenvalue weighted by molar-refractivity contribution is 0.0923. The van der Waals surface area contributed by atoms with Crippen LogP contribution in [0.25, 0.3) is 0 Å². The number of ether oxygens (including phenoxy) is 2. The number of halogens is 1. The van der Waals surface area contributed by atoms with E-state index in [1.807, 2.05) is 0 Å². The van der Waals surface area contributed by atoms with Gasteiger partial charge in [0.2, 0.25) is 0 Å². The average molecular weight is 197 g/mol. The summed E-state index contributed by atoms with van der Waals surface area (Å²) in [5, 5.41) is 0. The van der Waals surface area contributed by atoms with Crippen LogP contribution in [0.4, 0.5) is 4.39 Å². The lowest BCUT2D eigenvalue weighted by atomic mass is 10.2. The van der Waals surface area contributed by atoms with Crippen LogP contribution in [0.5, 0.6) is 11.5 Å². The molecular formula is C10H12FNO2. The quantitative estimate of drug-likeness (QED) is 0.736. The lowest BCUT2D eigenvalue weighted by Gasteiger charge is -2.26. The Morgan fingerprint density at radius 1 is 1.57 bits per heavy atom. The summed E-state index contributed by atoms with van der Waals surface area (Å²) in [5.41, 5.74) is 6.25. The zero-order chi connectivity index (χ0) is 10.1. The molecule has 0 saturated heterocycles. The molecule has 1 aliphatic rings. The Morgan fingerprint density at radius 2 is 2.36 bits per heavy atom. The fourth-order valence-electron chi connectivity index (χ4n) is 1.43. The first-order valence-corrected chi connectivity index (χ1v) is 4.50. The van der Waals surface area contributed by atoms with Gasteiger partial charge in [0.1, 0.15) is 12.7 Å². The largest absolute Gasteiger partial charge is 0.483 e. The van der Waals surface area contributed by atoms with Crippen molar-refractivity contribution >= 4 is 0 Å².